The van der Waals surface area contributed by atoms with Crippen molar-refractivity contribution in [2.24, 2.45) is 11.8 Å². The quantitative estimate of drug-likeness (QED) is 0.496. The van der Waals surface area contributed by atoms with Gasteiger partial charge in [0.25, 0.3) is 0 Å². The summed E-state index contributed by atoms with van der Waals surface area (Å²) in [4.78, 5) is 0. The van der Waals surface area contributed by atoms with Crippen molar-refractivity contribution in [1.29, 1.82) is 0 Å². The first-order valence-corrected chi connectivity index (χ1v) is 7.55. The molecule has 0 aromatic carbocycles. The average molecular weight is 235 g/mol. The van der Waals surface area contributed by atoms with Gasteiger partial charge in [-0.25, -0.2) is 0 Å². The molecule has 3 unspecified atom stereocenters. The molecule has 1 rings (SSSR count). The van der Waals surface area contributed by atoms with E-state index < -0.39 is 0 Å². The van der Waals surface area contributed by atoms with Crippen LogP contribution in [0.3, 0.4) is 0 Å². The van der Waals surface area contributed by atoms with Crippen molar-refractivity contribution in [2.75, 3.05) is 11.5 Å². The zero-order valence-corrected chi connectivity index (χ0v) is 11.0. The molecule has 14 heavy (non-hydrogen) atoms. The second-order valence-corrected chi connectivity index (χ2v) is 6.49. The summed E-state index contributed by atoms with van der Waals surface area (Å²) >= 11 is 8.41. The number of alkyl halides is 1. The predicted molar refractivity (Wildman–Crippen MR) is 68.4 cm³/mol. The molecule has 0 N–H and O–H groups in total. The minimum atomic E-state index is 0.470. The Morgan fingerprint density at radius 3 is 2.86 bits per heavy atom. The Balaban J connectivity index is 2.14. The zero-order chi connectivity index (χ0) is 10.4. The Hall–Kier alpha value is 0.640. The molecule has 0 amide bonds. The highest BCUT2D eigenvalue weighted by molar-refractivity contribution is 7.99. The lowest BCUT2D eigenvalue weighted by atomic mass is 9.80. The number of hydrogen-bond acceptors (Lipinski definition) is 1. The van der Waals surface area contributed by atoms with Gasteiger partial charge in [-0.05, 0) is 55.4 Å². The molecule has 0 radical (unpaired) electrons. The Bertz CT molecular complexity index is 149. The summed E-state index contributed by atoms with van der Waals surface area (Å²) < 4.78 is 0. The van der Waals surface area contributed by atoms with Crippen LogP contribution in [-0.4, -0.2) is 16.9 Å². The molecule has 1 saturated carbocycles. The summed E-state index contributed by atoms with van der Waals surface area (Å²) in [5.41, 5.74) is 0. The van der Waals surface area contributed by atoms with Crippen LogP contribution in [0.5, 0.6) is 0 Å². The van der Waals surface area contributed by atoms with Crippen LogP contribution in [0.2, 0.25) is 0 Å². The predicted octanol–water partition coefficient (Wildman–Crippen LogP) is 4.56. The van der Waals surface area contributed by atoms with Gasteiger partial charge in [0.1, 0.15) is 0 Å². The standard InChI is InChI=1S/C12H23ClS/c1-3-14-8-4-5-11-9-10(2)6-7-12(11)13/h10-12H,3-9H2,1-2H3. The van der Waals surface area contributed by atoms with Crippen molar-refractivity contribution in [3.05, 3.63) is 0 Å². The van der Waals surface area contributed by atoms with E-state index in [1.807, 2.05) is 0 Å². The molecule has 2 heteroatoms. The van der Waals surface area contributed by atoms with Gasteiger partial charge in [0.2, 0.25) is 0 Å². The Morgan fingerprint density at radius 1 is 1.36 bits per heavy atom. The smallest absolute Gasteiger partial charge is 0.0364 e. The van der Waals surface area contributed by atoms with Crippen molar-refractivity contribution in [1.82, 2.24) is 0 Å². The van der Waals surface area contributed by atoms with E-state index in [2.05, 4.69) is 25.6 Å². The largest absolute Gasteiger partial charge is 0.162 e. The number of halogens is 1. The molecule has 0 aliphatic heterocycles. The Labute approximate surface area is 98.2 Å². The third-order valence-electron chi connectivity index (χ3n) is 3.22. The molecule has 1 aliphatic carbocycles. The minimum Gasteiger partial charge on any atom is -0.162 e. The molecule has 0 nitrogen and oxygen atoms in total. The lowest BCUT2D eigenvalue weighted by Crippen LogP contribution is -2.24. The van der Waals surface area contributed by atoms with Gasteiger partial charge in [0.15, 0.2) is 0 Å². The van der Waals surface area contributed by atoms with Crippen LogP contribution in [-0.2, 0) is 0 Å². The summed E-state index contributed by atoms with van der Waals surface area (Å²) in [5.74, 6) is 4.29. The highest BCUT2D eigenvalue weighted by Crippen LogP contribution is 2.35. The molecule has 1 fully saturated rings. The van der Waals surface area contributed by atoms with Gasteiger partial charge >= 0.3 is 0 Å². The van der Waals surface area contributed by atoms with Crippen LogP contribution in [0.4, 0.5) is 0 Å². The Morgan fingerprint density at radius 2 is 2.14 bits per heavy atom. The lowest BCUT2D eigenvalue weighted by Gasteiger charge is -2.31. The second-order valence-electron chi connectivity index (χ2n) is 4.53. The maximum absolute atomic E-state index is 6.35. The van der Waals surface area contributed by atoms with Crippen LogP contribution >= 0.6 is 23.4 Å². The third-order valence-corrected chi connectivity index (χ3v) is 4.78. The molecule has 0 aromatic rings. The van der Waals surface area contributed by atoms with Crippen LogP contribution in [0, 0.1) is 11.8 Å². The van der Waals surface area contributed by atoms with E-state index in [4.69, 9.17) is 11.6 Å². The van der Waals surface area contributed by atoms with E-state index in [9.17, 15) is 0 Å². The topological polar surface area (TPSA) is 0 Å². The van der Waals surface area contributed by atoms with Crippen LogP contribution in [0.25, 0.3) is 0 Å². The molecular weight excluding hydrogens is 212 g/mol. The van der Waals surface area contributed by atoms with Crippen molar-refractivity contribution in [3.8, 4) is 0 Å². The van der Waals surface area contributed by atoms with Gasteiger partial charge in [-0.2, -0.15) is 11.8 Å². The number of hydrogen-bond donors (Lipinski definition) is 0. The van der Waals surface area contributed by atoms with Crippen LogP contribution in [0.1, 0.15) is 46.0 Å². The summed E-state index contributed by atoms with van der Waals surface area (Å²) in [5, 5.41) is 0.470. The van der Waals surface area contributed by atoms with E-state index in [1.54, 1.807) is 0 Å². The Kier molecular flexibility index (Phi) is 6.36. The first-order valence-electron chi connectivity index (χ1n) is 5.95. The summed E-state index contributed by atoms with van der Waals surface area (Å²) in [6.45, 7) is 4.61. The van der Waals surface area contributed by atoms with Crippen LogP contribution < -0.4 is 0 Å². The normalized spacial score (nSPS) is 33.2. The maximum atomic E-state index is 6.35. The van der Waals surface area contributed by atoms with E-state index in [-0.39, 0.29) is 0 Å². The molecule has 1 aliphatic rings. The zero-order valence-electron chi connectivity index (χ0n) is 9.47. The van der Waals surface area contributed by atoms with Gasteiger partial charge in [0.05, 0.1) is 0 Å². The van der Waals surface area contributed by atoms with Crippen molar-refractivity contribution in [2.45, 2.75) is 51.3 Å². The molecule has 0 saturated heterocycles. The first-order chi connectivity index (χ1) is 6.74. The lowest BCUT2D eigenvalue weighted by molar-refractivity contribution is 0.274. The van der Waals surface area contributed by atoms with Crippen LogP contribution in [0.15, 0.2) is 0 Å². The van der Waals surface area contributed by atoms with Gasteiger partial charge in [0, 0.05) is 5.38 Å². The SMILES string of the molecule is CCSCCCC1CC(C)CCC1Cl. The van der Waals surface area contributed by atoms with Crippen molar-refractivity contribution in [3.63, 3.8) is 0 Å². The van der Waals surface area contributed by atoms with Gasteiger partial charge in [-0.1, -0.05) is 13.8 Å². The molecule has 0 bridgehead atoms. The highest BCUT2D eigenvalue weighted by atomic mass is 35.5. The summed E-state index contributed by atoms with van der Waals surface area (Å²) in [6, 6.07) is 0. The minimum absolute atomic E-state index is 0.470. The number of rotatable bonds is 5. The summed E-state index contributed by atoms with van der Waals surface area (Å²) in [6.07, 6.45) is 6.66. The summed E-state index contributed by atoms with van der Waals surface area (Å²) in [7, 11) is 0. The second kappa shape index (κ2) is 7.00. The first kappa shape index (κ1) is 12.7. The average Bonchev–Trinajstić information content (AvgIpc) is 2.18. The van der Waals surface area contributed by atoms with Gasteiger partial charge in [-0.3, -0.25) is 0 Å². The number of thioether (sulfide) groups is 1. The molecule has 0 spiro atoms. The van der Waals surface area contributed by atoms with Gasteiger partial charge < -0.3 is 0 Å². The van der Waals surface area contributed by atoms with E-state index in [1.165, 1.54) is 43.6 Å². The monoisotopic (exact) mass is 234 g/mol. The molecular formula is C12H23ClS. The van der Waals surface area contributed by atoms with E-state index >= 15 is 0 Å². The molecule has 84 valence electrons. The fourth-order valence-electron chi connectivity index (χ4n) is 2.35. The van der Waals surface area contributed by atoms with E-state index in [0.717, 1.165) is 11.8 Å². The molecule has 0 heterocycles. The van der Waals surface area contributed by atoms with Crippen molar-refractivity contribution >= 4 is 23.4 Å². The highest BCUT2D eigenvalue weighted by Gasteiger charge is 2.26. The fraction of sp³-hybridized carbons (Fsp3) is 1.00. The van der Waals surface area contributed by atoms with Crippen molar-refractivity contribution < 1.29 is 0 Å². The maximum Gasteiger partial charge on any atom is 0.0364 e. The van der Waals surface area contributed by atoms with Gasteiger partial charge in [-0.15, -0.1) is 11.6 Å². The molecule has 0 aromatic heterocycles. The van der Waals surface area contributed by atoms with E-state index in [0.29, 0.717) is 5.38 Å². The third kappa shape index (κ3) is 4.44. The fourth-order valence-corrected chi connectivity index (χ4v) is 3.37. The molecule has 3 atom stereocenters.